The first-order chi connectivity index (χ1) is 6.72. The van der Waals surface area contributed by atoms with Crippen LogP contribution in [0.2, 0.25) is 0 Å². The molecule has 1 aliphatic heterocycles. The number of fused-ring (bicyclic) bond motifs is 1. The maximum absolute atomic E-state index is 5.19. The number of aromatic nitrogens is 2. The van der Waals surface area contributed by atoms with Crippen LogP contribution in [-0.4, -0.2) is 33.2 Å². The van der Waals surface area contributed by atoms with Gasteiger partial charge in [0.15, 0.2) is 5.11 Å². The molecule has 1 aromatic rings. The van der Waals surface area contributed by atoms with Crippen LogP contribution >= 0.6 is 12.2 Å². The van der Waals surface area contributed by atoms with Gasteiger partial charge in [-0.05, 0) is 12.2 Å². The molecule has 0 spiro atoms. The van der Waals surface area contributed by atoms with Crippen molar-refractivity contribution in [1.82, 2.24) is 19.8 Å². The van der Waals surface area contributed by atoms with Gasteiger partial charge >= 0.3 is 0 Å². The lowest BCUT2D eigenvalue weighted by Gasteiger charge is -2.28. The molecule has 2 heterocycles. The van der Waals surface area contributed by atoms with E-state index in [9.17, 15) is 0 Å². The zero-order chi connectivity index (χ0) is 10.1. The van der Waals surface area contributed by atoms with Crippen molar-refractivity contribution >= 4 is 17.3 Å². The van der Waals surface area contributed by atoms with Gasteiger partial charge in [-0.2, -0.15) is 0 Å². The molecule has 0 radical (unpaired) electrons. The van der Waals surface area contributed by atoms with Gasteiger partial charge in [0.25, 0.3) is 0 Å². The summed E-state index contributed by atoms with van der Waals surface area (Å²) in [6.45, 7) is 1.81. The second-order valence-electron chi connectivity index (χ2n) is 3.48. The van der Waals surface area contributed by atoms with Crippen LogP contribution in [0.25, 0.3) is 0 Å². The van der Waals surface area contributed by atoms with E-state index in [0.29, 0.717) is 0 Å². The van der Waals surface area contributed by atoms with Crippen molar-refractivity contribution in [2.24, 2.45) is 7.05 Å². The molecule has 4 nitrogen and oxygen atoms in total. The highest BCUT2D eigenvalue weighted by molar-refractivity contribution is 7.80. The lowest BCUT2D eigenvalue weighted by molar-refractivity contribution is 0.380. The summed E-state index contributed by atoms with van der Waals surface area (Å²) in [6.07, 6.45) is 2.89. The monoisotopic (exact) mass is 210 g/mol. The van der Waals surface area contributed by atoms with Crippen LogP contribution in [0.1, 0.15) is 11.4 Å². The highest BCUT2D eigenvalue weighted by Gasteiger charge is 2.20. The number of aryl methyl sites for hydroxylation is 1. The minimum Gasteiger partial charge on any atom is -0.366 e. The Labute approximate surface area is 88.9 Å². The Morgan fingerprint density at radius 3 is 3.14 bits per heavy atom. The van der Waals surface area contributed by atoms with Crippen LogP contribution in [0.5, 0.6) is 0 Å². The summed E-state index contributed by atoms with van der Waals surface area (Å²) in [5.41, 5.74) is 2.48. The number of thiocarbonyl (C=S) groups is 1. The zero-order valence-electron chi connectivity index (χ0n) is 8.45. The number of imidazole rings is 1. The van der Waals surface area contributed by atoms with Crippen LogP contribution in [-0.2, 0) is 20.0 Å². The Bertz CT molecular complexity index is 358. The maximum atomic E-state index is 5.19. The fraction of sp³-hybridized carbons (Fsp3) is 0.556. The molecule has 0 aromatic carbocycles. The molecule has 76 valence electrons. The zero-order valence-corrected chi connectivity index (χ0v) is 9.27. The molecule has 0 fully saturated rings. The number of hydrogen-bond donors (Lipinski definition) is 1. The molecular weight excluding hydrogens is 196 g/mol. The van der Waals surface area contributed by atoms with Gasteiger partial charge in [-0.3, -0.25) is 0 Å². The molecule has 1 aromatic heterocycles. The average molecular weight is 210 g/mol. The lowest BCUT2D eigenvalue weighted by atomic mass is 10.1. The smallest absolute Gasteiger partial charge is 0.169 e. The normalized spacial score (nSPS) is 15.1. The van der Waals surface area contributed by atoms with Crippen LogP contribution in [0.3, 0.4) is 0 Å². The van der Waals surface area contributed by atoms with Gasteiger partial charge in [0.1, 0.15) is 0 Å². The summed E-state index contributed by atoms with van der Waals surface area (Å²) in [7, 11) is 3.90. The molecule has 2 rings (SSSR count). The van der Waals surface area contributed by atoms with Gasteiger partial charge < -0.3 is 14.8 Å². The molecular formula is C9H14N4S. The predicted molar refractivity (Wildman–Crippen MR) is 59.0 cm³/mol. The SMILES string of the molecule is CNC(=S)N1CCc2c(ncn2C)C1. The first-order valence-electron chi connectivity index (χ1n) is 4.68. The highest BCUT2D eigenvalue weighted by Crippen LogP contribution is 2.16. The molecule has 1 N–H and O–H groups in total. The minimum atomic E-state index is 0.807. The Balaban J connectivity index is 2.18. The van der Waals surface area contributed by atoms with E-state index in [-0.39, 0.29) is 0 Å². The first-order valence-corrected chi connectivity index (χ1v) is 5.09. The van der Waals surface area contributed by atoms with Gasteiger partial charge in [0, 0.05) is 32.8 Å². The number of nitrogens with zero attached hydrogens (tertiary/aromatic N) is 3. The van der Waals surface area contributed by atoms with Crippen molar-refractivity contribution < 1.29 is 0 Å². The highest BCUT2D eigenvalue weighted by atomic mass is 32.1. The summed E-state index contributed by atoms with van der Waals surface area (Å²) in [6, 6.07) is 0. The summed E-state index contributed by atoms with van der Waals surface area (Å²) >= 11 is 5.19. The van der Waals surface area contributed by atoms with Crippen molar-refractivity contribution in [3.63, 3.8) is 0 Å². The van der Waals surface area contributed by atoms with Gasteiger partial charge in [-0.1, -0.05) is 0 Å². The van der Waals surface area contributed by atoms with Crippen molar-refractivity contribution in [2.45, 2.75) is 13.0 Å². The second-order valence-corrected chi connectivity index (χ2v) is 3.86. The minimum absolute atomic E-state index is 0.807. The third-order valence-electron chi connectivity index (χ3n) is 2.61. The third kappa shape index (κ3) is 1.48. The van der Waals surface area contributed by atoms with E-state index in [0.717, 1.165) is 30.3 Å². The molecule has 14 heavy (non-hydrogen) atoms. The van der Waals surface area contributed by atoms with E-state index >= 15 is 0 Å². The van der Waals surface area contributed by atoms with Crippen molar-refractivity contribution in [1.29, 1.82) is 0 Å². The summed E-state index contributed by atoms with van der Waals surface area (Å²) in [5, 5.41) is 3.80. The average Bonchev–Trinajstić information content (AvgIpc) is 2.59. The second kappa shape index (κ2) is 3.57. The van der Waals surface area contributed by atoms with E-state index in [2.05, 4.69) is 19.8 Å². The Kier molecular flexibility index (Phi) is 2.41. The van der Waals surface area contributed by atoms with Gasteiger partial charge in [0.2, 0.25) is 0 Å². The molecule has 0 aliphatic carbocycles. The number of hydrogen-bond acceptors (Lipinski definition) is 2. The van der Waals surface area contributed by atoms with E-state index in [4.69, 9.17) is 12.2 Å². The predicted octanol–water partition coefficient (Wildman–Crippen LogP) is 0.282. The Hall–Kier alpha value is -1.10. The summed E-state index contributed by atoms with van der Waals surface area (Å²) < 4.78 is 2.09. The quantitative estimate of drug-likeness (QED) is 0.624. The molecule has 0 unspecified atom stereocenters. The van der Waals surface area contributed by atoms with E-state index in [1.54, 1.807) is 0 Å². The fourth-order valence-corrected chi connectivity index (χ4v) is 1.94. The molecule has 5 heteroatoms. The van der Waals surface area contributed by atoms with Crippen molar-refractivity contribution in [3.8, 4) is 0 Å². The van der Waals surface area contributed by atoms with Crippen LogP contribution in [0, 0.1) is 0 Å². The molecule has 0 amide bonds. The van der Waals surface area contributed by atoms with Gasteiger partial charge in [-0.15, -0.1) is 0 Å². The molecule has 0 atom stereocenters. The summed E-state index contributed by atoms with van der Waals surface area (Å²) in [5.74, 6) is 0. The fourth-order valence-electron chi connectivity index (χ4n) is 1.79. The van der Waals surface area contributed by atoms with Crippen molar-refractivity contribution in [3.05, 3.63) is 17.7 Å². The van der Waals surface area contributed by atoms with Gasteiger partial charge in [-0.25, -0.2) is 4.98 Å². The molecule has 1 aliphatic rings. The van der Waals surface area contributed by atoms with Gasteiger partial charge in [0.05, 0.1) is 18.6 Å². The van der Waals surface area contributed by atoms with Crippen molar-refractivity contribution in [2.75, 3.05) is 13.6 Å². The van der Waals surface area contributed by atoms with E-state index < -0.39 is 0 Å². The van der Waals surface area contributed by atoms with Crippen LogP contribution < -0.4 is 5.32 Å². The first kappa shape index (κ1) is 9.45. The Morgan fingerprint density at radius 2 is 2.43 bits per heavy atom. The lowest BCUT2D eigenvalue weighted by Crippen LogP contribution is -2.41. The third-order valence-corrected chi connectivity index (χ3v) is 3.07. The van der Waals surface area contributed by atoms with E-state index in [1.807, 2.05) is 20.4 Å². The topological polar surface area (TPSA) is 33.1 Å². The molecule has 0 saturated heterocycles. The molecule has 0 bridgehead atoms. The number of rotatable bonds is 0. The van der Waals surface area contributed by atoms with E-state index in [1.165, 1.54) is 5.69 Å². The van der Waals surface area contributed by atoms with Crippen LogP contribution in [0.4, 0.5) is 0 Å². The maximum Gasteiger partial charge on any atom is 0.169 e. The largest absolute Gasteiger partial charge is 0.366 e. The van der Waals surface area contributed by atoms with Crippen LogP contribution in [0.15, 0.2) is 6.33 Å². The molecule has 0 saturated carbocycles. The number of nitrogens with one attached hydrogen (secondary N) is 1. The Morgan fingerprint density at radius 1 is 1.64 bits per heavy atom. The standard InChI is InChI=1S/C9H14N4S/c1-10-9(14)13-4-3-8-7(5-13)11-6-12(8)2/h6H,3-5H2,1-2H3,(H,10,14). The summed E-state index contributed by atoms with van der Waals surface area (Å²) in [4.78, 5) is 6.50.